The van der Waals surface area contributed by atoms with Gasteiger partial charge in [-0.2, -0.15) is 0 Å². The molecule has 1 atom stereocenters. The number of fused-ring (bicyclic) bond motifs is 1. The van der Waals surface area contributed by atoms with Crippen molar-refractivity contribution in [2.45, 2.75) is 20.1 Å². The van der Waals surface area contributed by atoms with E-state index in [2.05, 4.69) is 20.1 Å². The SMILES string of the molecule is Cc1cccc(C)c1NC(=O)C[NH+](C)CC(=O)Nc1ccc2c(c1)OC(F)(F)O2. The van der Waals surface area contributed by atoms with E-state index >= 15 is 0 Å². The number of anilines is 2. The lowest BCUT2D eigenvalue weighted by molar-refractivity contribution is -0.862. The molecule has 7 nitrogen and oxygen atoms in total. The van der Waals surface area contributed by atoms with Gasteiger partial charge < -0.3 is 25.0 Å². The summed E-state index contributed by atoms with van der Waals surface area (Å²) in [5, 5.41) is 5.47. The molecule has 1 aliphatic heterocycles. The van der Waals surface area contributed by atoms with Crippen LogP contribution in [0.1, 0.15) is 11.1 Å². The van der Waals surface area contributed by atoms with Crippen LogP contribution in [0.5, 0.6) is 11.5 Å². The van der Waals surface area contributed by atoms with Crippen molar-refractivity contribution in [1.29, 1.82) is 0 Å². The number of aryl methyl sites for hydroxylation is 2. The average molecular weight is 406 g/mol. The number of hydrogen-bond donors (Lipinski definition) is 3. The van der Waals surface area contributed by atoms with Crippen molar-refractivity contribution >= 4 is 23.2 Å². The van der Waals surface area contributed by atoms with Crippen LogP contribution in [0.4, 0.5) is 20.2 Å². The highest BCUT2D eigenvalue weighted by Crippen LogP contribution is 2.42. The van der Waals surface area contributed by atoms with Crippen LogP contribution < -0.4 is 25.0 Å². The molecule has 1 heterocycles. The topological polar surface area (TPSA) is 81.1 Å². The van der Waals surface area contributed by atoms with Gasteiger partial charge in [-0.05, 0) is 37.1 Å². The average Bonchev–Trinajstić information content (AvgIpc) is 2.91. The number of carbonyl (C=O) groups is 2. The molecule has 0 fully saturated rings. The zero-order valence-electron chi connectivity index (χ0n) is 16.3. The molecule has 1 aliphatic rings. The Morgan fingerprint density at radius 2 is 1.55 bits per heavy atom. The van der Waals surface area contributed by atoms with Crippen molar-refractivity contribution in [3.05, 3.63) is 47.5 Å². The van der Waals surface area contributed by atoms with Crippen LogP contribution in [0.3, 0.4) is 0 Å². The van der Waals surface area contributed by atoms with E-state index in [9.17, 15) is 18.4 Å². The van der Waals surface area contributed by atoms with Crippen molar-refractivity contribution in [3.63, 3.8) is 0 Å². The number of benzene rings is 2. The summed E-state index contributed by atoms with van der Waals surface area (Å²) < 4.78 is 34.8. The van der Waals surface area contributed by atoms with Gasteiger partial charge in [-0.15, -0.1) is 8.78 Å². The summed E-state index contributed by atoms with van der Waals surface area (Å²) in [7, 11) is 1.71. The molecule has 0 radical (unpaired) electrons. The highest BCUT2D eigenvalue weighted by atomic mass is 19.3. The quantitative estimate of drug-likeness (QED) is 0.683. The number of hydrogen-bond acceptors (Lipinski definition) is 4. The maximum atomic E-state index is 13.1. The molecule has 0 saturated carbocycles. The molecule has 2 aromatic carbocycles. The molecule has 0 aliphatic carbocycles. The fraction of sp³-hybridized carbons (Fsp3) is 0.300. The van der Waals surface area contributed by atoms with Crippen molar-refractivity contribution in [2.75, 3.05) is 30.8 Å². The Kier molecular flexibility index (Phi) is 5.69. The third-order valence-corrected chi connectivity index (χ3v) is 4.36. The zero-order chi connectivity index (χ0) is 21.2. The summed E-state index contributed by atoms with van der Waals surface area (Å²) in [5.41, 5.74) is 2.99. The second kappa shape index (κ2) is 8.04. The first-order valence-corrected chi connectivity index (χ1v) is 9.00. The largest absolute Gasteiger partial charge is 0.586 e. The highest BCUT2D eigenvalue weighted by molar-refractivity contribution is 5.94. The number of rotatable bonds is 6. The Morgan fingerprint density at radius 1 is 0.966 bits per heavy atom. The molecule has 0 aromatic heterocycles. The van der Waals surface area contributed by atoms with E-state index < -0.39 is 6.29 Å². The Bertz CT molecular complexity index is 929. The van der Waals surface area contributed by atoms with E-state index in [4.69, 9.17) is 0 Å². The molecule has 9 heteroatoms. The van der Waals surface area contributed by atoms with Gasteiger partial charge in [0.1, 0.15) is 0 Å². The van der Waals surface area contributed by atoms with Crippen LogP contribution in [0.15, 0.2) is 36.4 Å². The predicted octanol–water partition coefficient (Wildman–Crippen LogP) is 1.72. The van der Waals surface area contributed by atoms with Crippen LogP contribution in [0.25, 0.3) is 0 Å². The van der Waals surface area contributed by atoms with Gasteiger partial charge in [0.2, 0.25) is 0 Å². The summed E-state index contributed by atoms with van der Waals surface area (Å²) in [6, 6.07) is 9.73. The molecule has 2 aromatic rings. The molecule has 0 bridgehead atoms. The number of alkyl halides is 2. The number of ether oxygens (including phenoxy) is 2. The monoisotopic (exact) mass is 406 g/mol. The Morgan fingerprint density at radius 3 is 2.21 bits per heavy atom. The van der Waals surface area contributed by atoms with Crippen molar-refractivity contribution in [2.24, 2.45) is 0 Å². The molecule has 0 saturated heterocycles. The van der Waals surface area contributed by atoms with E-state index in [-0.39, 0.29) is 36.4 Å². The third kappa shape index (κ3) is 5.20. The van der Waals surface area contributed by atoms with Gasteiger partial charge >= 0.3 is 6.29 Å². The zero-order valence-corrected chi connectivity index (χ0v) is 16.3. The second-order valence-electron chi connectivity index (χ2n) is 7.00. The summed E-state index contributed by atoms with van der Waals surface area (Å²) in [6.07, 6.45) is -3.71. The van der Waals surface area contributed by atoms with E-state index in [0.29, 0.717) is 10.6 Å². The molecule has 29 heavy (non-hydrogen) atoms. The molecular weight excluding hydrogens is 384 g/mol. The molecule has 3 N–H and O–H groups in total. The van der Waals surface area contributed by atoms with Crippen molar-refractivity contribution in [1.82, 2.24) is 0 Å². The fourth-order valence-electron chi connectivity index (χ4n) is 3.04. The van der Waals surface area contributed by atoms with E-state index in [1.807, 2.05) is 32.0 Å². The van der Waals surface area contributed by atoms with Crippen LogP contribution in [0.2, 0.25) is 0 Å². The number of para-hydroxylation sites is 1. The standard InChI is InChI=1S/C20H21F2N3O4/c1-12-5-4-6-13(2)19(12)24-18(27)11-25(3)10-17(26)23-14-7-8-15-16(9-14)29-20(21,22)28-15/h4-9H,10-11H2,1-3H3,(H,23,26)(H,24,27)/p+1. The van der Waals surface area contributed by atoms with Crippen LogP contribution in [-0.2, 0) is 9.59 Å². The minimum absolute atomic E-state index is 0.0186. The normalized spacial score (nSPS) is 14.9. The summed E-state index contributed by atoms with van der Waals surface area (Å²) >= 11 is 0. The highest BCUT2D eigenvalue weighted by Gasteiger charge is 2.43. The van der Waals surface area contributed by atoms with Crippen LogP contribution in [0, 0.1) is 13.8 Å². The first-order valence-electron chi connectivity index (χ1n) is 9.00. The summed E-state index contributed by atoms with van der Waals surface area (Å²) in [4.78, 5) is 25.2. The maximum absolute atomic E-state index is 13.1. The lowest BCUT2D eigenvalue weighted by atomic mass is 10.1. The number of nitrogens with one attached hydrogen (secondary N) is 3. The Hall–Kier alpha value is -3.20. The fourth-order valence-corrected chi connectivity index (χ4v) is 3.04. The summed E-state index contributed by atoms with van der Waals surface area (Å²) in [6.45, 7) is 3.93. The first kappa shape index (κ1) is 20.5. The number of quaternary nitrogens is 1. The van der Waals surface area contributed by atoms with Crippen molar-refractivity contribution < 1.29 is 32.7 Å². The molecule has 0 spiro atoms. The maximum Gasteiger partial charge on any atom is 0.586 e. The van der Waals surface area contributed by atoms with Gasteiger partial charge in [0.05, 0.1) is 7.05 Å². The van der Waals surface area contributed by atoms with Gasteiger partial charge in [0.25, 0.3) is 11.8 Å². The molecule has 1 unspecified atom stereocenters. The molecule has 3 rings (SSSR count). The number of carbonyl (C=O) groups excluding carboxylic acids is 2. The summed E-state index contributed by atoms with van der Waals surface area (Å²) in [5.74, 6) is -0.827. The number of amides is 2. The van der Waals surface area contributed by atoms with Gasteiger partial charge in [0.15, 0.2) is 24.6 Å². The van der Waals surface area contributed by atoms with Crippen molar-refractivity contribution in [3.8, 4) is 11.5 Å². The first-order chi connectivity index (χ1) is 13.6. The van der Waals surface area contributed by atoms with Gasteiger partial charge in [-0.3, -0.25) is 9.59 Å². The minimum atomic E-state index is -3.71. The number of halogens is 2. The Balaban J connectivity index is 1.51. The number of likely N-dealkylation sites (N-methyl/N-ethyl adjacent to an activating group) is 1. The van der Waals surface area contributed by atoms with Gasteiger partial charge in [0, 0.05) is 17.4 Å². The predicted molar refractivity (Wildman–Crippen MR) is 102 cm³/mol. The molecule has 154 valence electrons. The van der Waals surface area contributed by atoms with E-state index in [1.165, 1.54) is 18.2 Å². The lowest BCUT2D eigenvalue weighted by Crippen LogP contribution is -3.11. The third-order valence-electron chi connectivity index (χ3n) is 4.36. The van der Waals surface area contributed by atoms with E-state index in [0.717, 1.165) is 16.8 Å². The van der Waals surface area contributed by atoms with Crippen LogP contribution >= 0.6 is 0 Å². The smallest absolute Gasteiger partial charge is 0.395 e. The second-order valence-corrected chi connectivity index (χ2v) is 7.00. The van der Waals surface area contributed by atoms with Gasteiger partial charge in [-0.1, -0.05) is 18.2 Å². The van der Waals surface area contributed by atoms with E-state index in [1.54, 1.807) is 7.05 Å². The van der Waals surface area contributed by atoms with Gasteiger partial charge in [-0.25, -0.2) is 0 Å². The lowest BCUT2D eigenvalue weighted by Gasteiger charge is -2.15. The Labute approximate surface area is 166 Å². The molecule has 2 amide bonds. The minimum Gasteiger partial charge on any atom is -0.395 e. The molecular formula is C20H22F2N3O4+. The van der Waals surface area contributed by atoms with Crippen LogP contribution in [-0.4, -0.2) is 38.2 Å².